The number of hydrogen-bond donors (Lipinski definition) is 0. The Bertz CT molecular complexity index is 1440. The average Bonchev–Trinajstić information content (AvgIpc) is 2.99. The summed E-state index contributed by atoms with van der Waals surface area (Å²) < 4.78 is 30.5. The summed E-state index contributed by atoms with van der Waals surface area (Å²) in [5.41, 5.74) is 5.33. The maximum absolute atomic E-state index is 6.50. The molecule has 2 aliphatic rings. The van der Waals surface area contributed by atoms with E-state index < -0.39 is 12.6 Å². The second-order valence-electron chi connectivity index (χ2n) is 9.67. The van der Waals surface area contributed by atoms with Crippen LogP contribution in [0.1, 0.15) is 46.0 Å². The number of rotatable bonds is 10. The van der Waals surface area contributed by atoms with E-state index >= 15 is 0 Å². The summed E-state index contributed by atoms with van der Waals surface area (Å²) in [4.78, 5) is 0. The molecule has 4 aromatic carbocycles. The fraction of sp³-hybridized carbons (Fsp3) is 0.176. The third-order valence-corrected chi connectivity index (χ3v) is 7.11. The van der Waals surface area contributed by atoms with E-state index in [-0.39, 0.29) is 0 Å². The molecule has 0 saturated heterocycles. The number of fused-ring (bicyclic) bond motifs is 6. The van der Waals surface area contributed by atoms with Crippen LogP contribution in [0.4, 0.5) is 0 Å². The van der Waals surface area contributed by atoms with Gasteiger partial charge in [0.25, 0.3) is 0 Å². The monoisotopic (exact) mass is 586 g/mol. The van der Waals surface area contributed by atoms with Gasteiger partial charge in [-0.2, -0.15) is 0 Å². The van der Waals surface area contributed by atoms with Crippen molar-refractivity contribution in [2.24, 2.45) is 0 Å². The summed E-state index contributed by atoms with van der Waals surface area (Å²) >= 11 is 13.0. The SMILES string of the molecule is Clc1cc(C=CCOCc2ccccc2)c2c(c1)C1Oc3c(C=CCOCc4ccccc4)cc(Cl)cc3C(O2)O1. The van der Waals surface area contributed by atoms with Crippen LogP contribution >= 0.6 is 23.2 Å². The molecule has 0 fully saturated rings. The first kappa shape index (κ1) is 27.6. The minimum atomic E-state index is -0.681. The Labute approximate surface area is 249 Å². The van der Waals surface area contributed by atoms with Crippen LogP contribution in [0.25, 0.3) is 12.2 Å². The Morgan fingerprint density at radius 3 is 1.49 bits per heavy atom. The minimum absolute atomic E-state index is 0.444. The molecule has 0 amide bonds. The summed E-state index contributed by atoms with van der Waals surface area (Å²) in [5.74, 6) is 1.32. The highest BCUT2D eigenvalue weighted by Gasteiger charge is 2.40. The quantitative estimate of drug-likeness (QED) is 0.173. The molecule has 0 aromatic heterocycles. The van der Waals surface area contributed by atoms with Crippen LogP contribution in [-0.2, 0) is 27.4 Å². The van der Waals surface area contributed by atoms with Gasteiger partial charge in [-0.25, -0.2) is 0 Å². The maximum atomic E-state index is 6.50. The molecule has 6 rings (SSSR count). The summed E-state index contributed by atoms with van der Waals surface area (Å²) in [7, 11) is 0. The molecular formula is C34H28Cl2O5. The topological polar surface area (TPSA) is 46.2 Å². The van der Waals surface area contributed by atoms with Crippen LogP contribution in [0.5, 0.6) is 11.5 Å². The Kier molecular flexibility index (Phi) is 8.71. The molecule has 4 aromatic rings. The molecule has 2 bridgehead atoms. The van der Waals surface area contributed by atoms with Crippen molar-refractivity contribution >= 4 is 35.4 Å². The van der Waals surface area contributed by atoms with Crippen LogP contribution in [0.2, 0.25) is 10.0 Å². The van der Waals surface area contributed by atoms with Crippen LogP contribution in [0.3, 0.4) is 0 Å². The largest absolute Gasteiger partial charge is 0.459 e. The van der Waals surface area contributed by atoms with E-state index in [2.05, 4.69) is 0 Å². The Morgan fingerprint density at radius 2 is 1.05 bits per heavy atom. The molecule has 7 heteroatoms. The lowest BCUT2D eigenvalue weighted by Gasteiger charge is -2.39. The predicted molar refractivity (Wildman–Crippen MR) is 161 cm³/mol. The Hall–Kier alpha value is -3.58. The van der Waals surface area contributed by atoms with Gasteiger partial charge in [0.1, 0.15) is 11.5 Å². The molecular weight excluding hydrogens is 559 g/mol. The van der Waals surface area contributed by atoms with Gasteiger partial charge in [-0.1, -0.05) is 108 Å². The van der Waals surface area contributed by atoms with E-state index in [9.17, 15) is 0 Å². The van der Waals surface area contributed by atoms with Crippen LogP contribution < -0.4 is 9.47 Å². The van der Waals surface area contributed by atoms with E-state index in [0.717, 1.165) is 33.4 Å². The van der Waals surface area contributed by atoms with Crippen molar-refractivity contribution < 1.29 is 23.7 Å². The summed E-state index contributed by atoms with van der Waals surface area (Å²) in [6.07, 6.45) is 6.41. The lowest BCUT2D eigenvalue weighted by molar-refractivity contribution is -0.227. The van der Waals surface area contributed by atoms with E-state index in [1.54, 1.807) is 0 Å². The highest BCUT2D eigenvalue weighted by Crippen LogP contribution is 2.51. The first-order chi connectivity index (χ1) is 20.1. The molecule has 2 heterocycles. The normalized spacial score (nSPS) is 17.2. The standard InChI is InChI=1S/C34H28Cl2O5/c35-27-17-25(13-7-15-37-21-23-9-3-1-4-10-23)31-29(19-27)33-40-32-26(18-28(36)20-30(32)34(39-31)41-33)14-8-16-38-22-24-11-5-2-6-12-24/h1-14,17-20,33-34H,15-16,21-22H2. The second-order valence-corrected chi connectivity index (χ2v) is 10.5. The first-order valence-corrected chi connectivity index (χ1v) is 14.1. The molecule has 0 saturated carbocycles. The highest BCUT2D eigenvalue weighted by molar-refractivity contribution is 6.31. The third kappa shape index (κ3) is 6.67. The van der Waals surface area contributed by atoms with Crippen molar-refractivity contribution in [3.8, 4) is 11.5 Å². The zero-order valence-corrected chi connectivity index (χ0v) is 23.7. The number of benzene rings is 4. The van der Waals surface area contributed by atoms with Gasteiger partial charge < -0.3 is 18.9 Å². The fourth-order valence-electron chi connectivity index (χ4n) is 4.79. The number of hydrogen-bond acceptors (Lipinski definition) is 5. The van der Waals surface area contributed by atoms with Gasteiger partial charge >= 0.3 is 0 Å². The van der Waals surface area contributed by atoms with E-state index in [1.165, 1.54) is 0 Å². The minimum Gasteiger partial charge on any atom is -0.459 e. The van der Waals surface area contributed by atoms with Crippen molar-refractivity contribution in [2.45, 2.75) is 25.8 Å². The van der Waals surface area contributed by atoms with Crippen molar-refractivity contribution in [3.63, 3.8) is 0 Å². The van der Waals surface area contributed by atoms with Crippen molar-refractivity contribution in [2.75, 3.05) is 13.2 Å². The van der Waals surface area contributed by atoms with E-state index in [4.69, 9.17) is 46.9 Å². The second kappa shape index (κ2) is 12.9. The molecule has 5 nitrogen and oxygen atoms in total. The van der Waals surface area contributed by atoms with Gasteiger partial charge in [0.05, 0.1) is 37.6 Å². The highest BCUT2D eigenvalue weighted by atomic mass is 35.5. The molecule has 208 valence electrons. The van der Waals surface area contributed by atoms with Crippen LogP contribution in [0.15, 0.2) is 97.1 Å². The molecule has 0 spiro atoms. The van der Waals surface area contributed by atoms with E-state index in [1.807, 2.05) is 109 Å². The lowest BCUT2D eigenvalue weighted by atomic mass is 10.0. The smallest absolute Gasteiger partial charge is 0.234 e. The van der Waals surface area contributed by atoms with Gasteiger partial charge in [-0.3, -0.25) is 4.74 Å². The zero-order chi connectivity index (χ0) is 28.0. The third-order valence-electron chi connectivity index (χ3n) is 6.67. The Morgan fingerprint density at radius 1 is 0.610 bits per heavy atom. The first-order valence-electron chi connectivity index (χ1n) is 13.4. The molecule has 0 aliphatic carbocycles. The summed E-state index contributed by atoms with van der Waals surface area (Å²) in [6, 6.07) is 27.5. The van der Waals surface area contributed by atoms with Crippen molar-refractivity contribution in [1.82, 2.24) is 0 Å². The zero-order valence-electron chi connectivity index (χ0n) is 22.2. The van der Waals surface area contributed by atoms with Gasteiger partial charge in [-0.15, -0.1) is 0 Å². The van der Waals surface area contributed by atoms with Crippen molar-refractivity contribution in [3.05, 3.63) is 141 Å². The van der Waals surface area contributed by atoms with Crippen LogP contribution in [0, 0.1) is 0 Å². The molecule has 0 N–H and O–H groups in total. The fourth-order valence-corrected chi connectivity index (χ4v) is 5.26. The molecule has 2 aliphatic heterocycles. The number of ether oxygens (including phenoxy) is 5. The van der Waals surface area contributed by atoms with Gasteiger partial charge in [0.15, 0.2) is 0 Å². The van der Waals surface area contributed by atoms with Gasteiger partial charge in [-0.05, 0) is 35.4 Å². The van der Waals surface area contributed by atoms with Crippen LogP contribution in [-0.4, -0.2) is 13.2 Å². The summed E-state index contributed by atoms with van der Waals surface area (Å²) in [5, 5.41) is 1.11. The summed E-state index contributed by atoms with van der Waals surface area (Å²) in [6.45, 7) is 1.96. The van der Waals surface area contributed by atoms with Gasteiger partial charge in [0.2, 0.25) is 12.6 Å². The lowest BCUT2D eigenvalue weighted by Crippen LogP contribution is -2.31. The predicted octanol–water partition coefficient (Wildman–Crippen LogP) is 8.95. The molecule has 0 radical (unpaired) electrons. The van der Waals surface area contributed by atoms with Crippen molar-refractivity contribution in [1.29, 1.82) is 0 Å². The Balaban J connectivity index is 1.16. The number of halogens is 2. The van der Waals surface area contributed by atoms with E-state index in [0.29, 0.717) is 48.0 Å². The molecule has 41 heavy (non-hydrogen) atoms. The maximum Gasteiger partial charge on any atom is 0.234 e. The average molecular weight is 587 g/mol. The molecule has 2 atom stereocenters. The van der Waals surface area contributed by atoms with Gasteiger partial charge in [0, 0.05) is 21.2 Å². The molecule has 2 unspecified atom stereocenters.